The Hall–Kier alpha value is -2.12. The van der Waals surface area contributed by atoms with E-state index in [1.807, 2.05) is 20.8 Å². The fraction of sp³-hybridized carbons (Fsp3) is 0.636. The lowest BCUT2D eigenvalue weighted by Gasteiger charge is -2.23. The quantitative estimate of drug-likeness (QED) is 0.666. The number of aromatic nitrogens is 3. The molecule has 0 spiro atoms. The van der Waals surface area contributed by atoms with E-state index in [9.17, 15) is 9.59 Å². The van der Waals surface area contributed by atoms with Crippen molar-refractivity contribution in [3.05, 3.63) is 6.33 Å². The Morgan fingerprint density at radius 1 is 1.47 bits per heavy atom. The monoisotopic (exact) mass is 268 g/mol. The summed E-state index contributed by atoms with van der Waals surface area (Å²) in [7, 11) is 0. The number of hydrogen-bond donors (Lipinski definition) is 3. The molecule has 2 amide bonds. The highest BCUT2D eigenvalue weighted by molar-refractivity contribution is 5.87. The zero-order chi connectivity index (χ0) is 14.6. The lowest BCUT2D eigenvalue weighted by atomic mass is 10.1. The van der Waals surface area contributed by atoms with Gasteiger partial charge in [-0.2, -0.15) is 0 Å². The Morgan fingerprint density at radius 3 is 2.58 bits per heavy atom. The van der Waals surface area contributed by atoms with Gasteiger partial charge in [-0.15, -0.1) is 5.10 Å². The van der Waals surface area contributed by atoms with Crippen LogP contribution < -0.4 is 16.4 Å². The summed E-state index contributed by atoms with van der Waals surface area (Å²) < 4.78 is 1.30. The van der Waals surface area contributed by atoms with E-state index < -0.39 is 6.04 Å². The first kappa shape index (κ1) is 14.9. The van der Waals surface area contributed by atoms with E-state index in [0.717, 1.165) is 0 Å². The second kappa shape index (κ2) is 5.68. The van der Waals surface area contributed by atoms with Gasteiger partial charge < -0.3 is 16.4 Å². The number of nitrogens with two attached hydrogens (primary N) is 1. The summed E-state index contributed by atoms with van der Waals surface area (Å²) in [6.07, 6.45) is 1.36. The number of rotatable bonds is 4. The molecule has 1 aromatic rings. The van der Waals surface area contributed by atoms with Crippen LogP contribution in [-0.2, 0) is 16.1 Å². The van der Waals surface area contributed by atoms with Crippen molar-refractivity contribution in [3.63, 3.8) is 0 Å². The first-order valence-corrected chi connectivity index (χ1v) is 5.94. The van der Waals surface area contributed by atoms with E-state index in [4.69, 9.17) is 5.73 Å². The second-order valence-corrected chi connectivity index (χ2v) is 5.33. The van der Waals surface area contributed by atoms with Crippen LogP contribution in [0.5, 0.6) is 0 Å². The van der Waals surface area contributed by atoms with Crippen LogP contribution in [0.4, 0.5) is 5.95 Å². The summed E-state index contributed by atoms with van der Waals surface area (Å²) in [5.41, 5.74) is 5.00. The highest BCUT2D eigenvalue weighted by atomic mass is 16.2. The molecule has 19 heavy (non-hydrogen) atoms. The number of nitrogens with zero attached hydrogens (tertiary/aromatic N) is 3. The number of hydrogen-bond acceptors (Lipinski definition) is 5. The lowest BCUT2D eigenvalue weighted by Crippen LogP contribution is -2.51. The van der Waals surface area contributed by atoms with E-state index >= 15 is 0 Å². The maximum absolute atomic E-state index is 11.8. The third-order valence-electron chi connectivity index (χ3n) is 2.13. The van der Waals surface area contributed by atoms with E-state index in [1.54, 1.807) is 6.92 Å². The van der Waals surface area contributed by atoms with Crippen LogP contribution in [0.2, 0.25) is 0 Å². The van der Waals surface area contributed by atoms with Crippen molar-refractivity contribution in [1.82, 2.24) is 25.4 Å². The van der Waals surface area contributed by atoms with Gasteiger partial charge in [0.1, 0.15) is 18.9 Å². The number of amides is 2. The van der Waals surface area contributed by atoms with Crippen molar-refractivity contribution in [2.75, 3.05) is 5.73 Å². The van der Waals surface area contributed by atoms with Crippen LogP contribution in [0.1, 0.15) is 27.7 Å². The minimum atomic E-state index is -0.618. The lowest BCUT2D eigenvalue weighted by molar-refractivity contribution is -0.129. The molecule has 0 aliphatic heterocycles. The highest BCUT2D eigenvalue weighted by Crippen LogP contribution is 1.99. The molecule has 0 saturated heterocycles. The van der Waals surface area contributed by atoms with Gasteiger partial charge in [0.15, 0.2) is 0 Å². The number of carbonyl (C=O) groups is 2. The molecular formula is C11H20N6O2. The Balaban J connectivity index is 2.46. The van der Waals surface area contributed by atoms with Crippen molar-refractivity contribution < 1.29 is 9.59 Å². The average Bonchev–Trinajstić information content (AvgIpc) is 2.60. The molecule has 8 nitrogen and oxygen atoms in total. The second-order valence-electron chi connectivity index (χ2n) is 5.33. The van der Waals surface area contributed by atoms with Crippen molar-refractivity contribution in [2.24, 2.45) is 0 Å². The van der Waals surface area contributed by atoms with E-state index in [-0.39, 0.29) is 29.8 Å². The van der Waals surface area contributed by atoms with Crippen molar-refractivity contribution in [2.45, 2.75) is 45.8 Å². The standard InChI is InChI=1S/C11H20N6O2/c1-7(9(19)15-11(2,3)4)14-8(18)5-17-6-13-10(12)16-17/h6-7H,5H2,1-4H3,(H2,12,16)(H,14,18)(H,15,19). The Kier molecular flexibility index (Phi) is 4.47. The van der Waals surface area contributed by atoms with Gasteiger partial charge in [-0.25, -0.2) is 9.67 Å². The first-order chi connectivity index (χ1) is 8.67. The molecule has 1 rings (SSSR count). The van der Waals surface area contributed by atoms with Gasteiger partial charge in [0.25, 0.3) is 0 Å². The number of carbonyl (C=O) groups excluding carboxylic acids is 2. The molecule has 0 bridgehead atoms. The minimum absolute atomic E-state index is 0.0304. The first-order valence-electron chi connectivity index (χ1n) is 5.94. The molecule has 0 radical (unpaired) electrons. The summed E-state index contributed by atoms with van der Waals surface area (Å²) in [6.45, 7) is 7.21. The number of nitrogen functional groups attached to an aromatic ring is 1. The molecule has 1 aromatic heterocycles. The maximum atomic E-state index is 11.8. The van der Waals surface area contributed by atoms with Crippen molar-refractivity contribution in [1.29, 1.82) is 0 Å². The van der Waals surface area contributed by atoms with E-state index in [2.05, 4.69) is 20.7 Å². The van der Waals surface area contributed by atoms with Crippen molar-refractivity contribution >= 4 is 17.8 Å². The third-order valence-corrected chi connectivity index (χ3v) is 2.13. The SMILES string of the molecule is CC(NC(=O)Cn1cnc(N)n1)C(=O)NC(C)(C)C. The zero-order valence-corrected chi connectivity index (χ0v) is 11.6. The van der Waals surface area contributed by atoms with Crippen LogP contribution in [0.25, 0.3) is 0 Å². The van der Waals surface area contributed by atoms with Gasteiger partial charge in [0.2, 0.25) is 17.8 Å². The van der Waals surface area contributed by atoms with Crippen LogP contribution in [0, 0.1) is 0 Å². The normalized spacial score (nSPS) is 12.8. The third kappa shape index (κ3) is 5.36. The smallest absolute Gasteiger partial charge is 0.242 e. The largest absolute Gasteiger partial charge is 0.367 e. The minimum Gasteiger partial charge on any atom is -0.367 e. The molecule has 0 saturated carbocycles. The molecule has 0 aliphatic carbocycles. The van der Waals surface area contributed by atoms with Gasteiger partial charge in [0, 0.05) is 5.54 Å². The van der Waals surface area contributed by atoms with Crippen LogP contribution >= 0.6 is 0 Å². The molecule has 0 aliphatic rings. The molecule has 1 atom stereocenters. The molecule has 1 heterocycles. The highest BCUT2D eigenvalue weighted by Gasteiger charge is 2.20. The number of nitrogens with one attached hydrogen (secondary N) is 2. The Bertz CT molecular complexity index is 462. The van der Waals surface area contributed by atoms with Gasteiger partial charge >= 0.3 is 0 Å². The van der Waals surface area contributed by atoms with Crippen molar-refractivity contribution in [3.8, 4) is 0 Å². The van der Waals surface area contributed by atoms with E-state index in [0.29, 0.717) is 0 Å². The topological polar surface area (TPSA) is 115 Å². The molecule has 8 heteroatoms. The Morgan fingerprint density at radius 2 is 2.11 bits per heavy atom. The maximum Gasteiger partial charge on any atom is 0.242 e. The van der Waals surface area contributed by atoms with Crippen LogP contribution in [0.15, 0.2) is 6.33 Å². The van der Waals surface area contributed by atoms with Crippen LogP contribution in [-0.4, -0.2) is 38.2 Å². The summed E-state index contributed by atoms with van der Waals surface area (Å²) in [4.78, 5) is 27.2. The number of anilines is 1. The van der Waals surface area contributed by atoms with Gasteiger partial charge in [-0.05, 0) is 27.7 Å². The van der Waals surface area contributed by atoms with Gasteiger partial charge in [0.05, 0.1) is 0 Å². The van der Waals surface area contributed by atoms with Crippen LogP contribution in [0.3, 0.4) is 0 Å². The fourth-order valence-electron chi connectivity index (χ4n) is 1.36. The predicted molar refractivity (Wildman–Crippen MR) is 69.9 cm³/mol. The molecular weight excluding hydrogens is 248 g/mol. The summed E-state index contributed by atoms with van der Waals surface area (Å²) in [6, 6.07) is -0.618. The molecule has 0 aromatic carbocycles. The van der Waals surface area contributed by atoms with E-state index in [1.165, 1.54) is 11.0 Å². The summed E-state index contributed by atoms with van der Waals surface area (Å²) >= 11 is 0. The fourth-order valence-corrected chi connectivity index (χ4v) is 1.36. The summed E-state index contributed by atoms with van der Waals surface area (Å²) in [5, 5.41) is 9.15. The molecule has 1 unspecified atom stereocenters. The molecule has 4 N–H and O–H groups in total. The van der Waals surface area contributed by atoms with Gasteiger partial charge in [-0.1, -0.05) is 0 Å². The molecule has 0 fully saturated rings. The average molecular weight is 268 g/mol. The predicted octanol–water partition coefficient (Wildman–Crippen LogP) is -0.720. The Labute approximate surface area is 111 Å². The van der Waals surface area contributed by atoms with Gasteiger partial charge in [-0.3, -0.25) is 9.59 Å². The zero-order valence-electron chi connectivity index (χ0n) is 11.6. The summed E-state index contributed by atoms with van der Waals surface area (Å²) in [5.74, 6) is -0.466. The molecule has 106 valence electrons.